The average Bonchev–Trinajstić information content (AvgIpc) is 2.42. The van der Waals surface area contributed by atoms with Crippen LogP contribution in [0.2, 0.25) is 0 Å². The molecule has 0 spiro atoms. The zero-order valence-corrected chi connectivity index (χ0v) is 8.94. The Hall–Kier alpha value is -1.45. The maximum absolute atomic E-state index is 4.50. The van der Waals surface area contributed by atoms with Crippen molar-refractivity contribution in [2.75, 3.05) is 0 Å². The zero-order valence-electron chi connectivity index (χ0n) is 8.94. The second kappa shape index (κ2) is 3.04. The third-order valence-electron chi connectivity index (χ3n) is 2.30. The molecule has 74 valence electrons. The highest BCUT2D eigenvalue weighted by Crippen LogP contribution is 2.16. The second-order valence-electron chi connectivity index (χ2n) is 3.83. The quantitative estimate of drug-likeness (QED) is 0.688. The first-order chi connectivity index (χ1) is 6.59. The molecule has 2 rings (SSSR count). The number of fused-ring (bicyclic) bond motifs is 1. The van der Waals surface area contributed by atoms with Gasteiger partial charge in [0, 0.05) is 13.0 Å². The molecule has 0 fully saturated rings. The smallest absolute Gasteiger partial charge is 0.131 e. The van der Waals surface area contributed by atoms with E-state index < -0.39 is 0 Å². The van der Waals surface area contributed by atoms with Gasteiger partial charge < -0.3 is 0 Å². The van der Waals surface area contributed by atoms with Gasteiger partial charge >= 0.3 is 0 Å². The molecule has 0 radical (unpaired) electrons. The predicted molar refractivity (Wildman–Crippen MR) is 55.1 cm³/mol. The van der Waals surface area contributed by atoms with Crippen LogP contribution in [-0.2, 0) is 7.05 Å². The number of hydrogen-bond donors (Lipinski definition) is 0. The summed E-state index contributed by atoms with van der Waals surface area (Å²) in [5, 5.41) is 4.30. The van der Waals surface area contributed by atoms with Gasteiger partial charge in [-0.15, -0.1) is 0 Å². The lowest BCUT2D eigenvalue weighted by atomic mass is 10.2. The van der Waals surface area contributed by atoms with Crippen LogP contribution in [0, 0.1) is 6.92 Å². The first-order valence-electron chi connectivity index (χ1n) is 4.76. The lowest BCUT2D eigenvalue weighted by molar-refractivity contribution is 0.771. The number of aryl methyl sites for hydroxylation is 2. The molecule has 0 saturated carbocycles. The van der Waals surface area contributed by atoms with Gasteiger partial charge in [-0.05, 0) is 6.92 Å². The molecule has 4 heteroatoms. The topological polar surface area (TPSA) is 43.6 Å². The van der Waals surface area contributed by atoms with Crippen molar-refractivity contribution >= 4 is 11.0 Å². The van der Waals surface area contributed by atoms with Crippen molar-refractivity contribution in [2.45, 2.75) is 26.7 Å². The van der Waals surface area contributed by atoms with E-state index in [0.29, 0.717) is 5.92 Å². The van der Waals surface area contributed by atoms with E-state index in [1.165, 1.54) is 0 Å². The summed E-state index contributed by atoms with van der Waals surface area (Å²) in [4.78, 5) is 8.81. The van der Waals surface area contributed by atoms with Gasteiger partial charge in [0.1, 0.15) is 16.9 Å². The molecule has 0 saturated heterocycles. The molecular weight excluding hydrogens is 176 g/mol. The maximum Gasteiger partial charge on any atom is 0.131 e. The van der Waals surface area contributed by atoms with E-state index in [9.17, 15) is 0 Å². The van der Waals surface area contributed by atoms with Gasteiger partial charge in [0.25, 0.3) is 0 Å². The highest BCUT2D eigenvalue weighted by molar-refractivity contribution is 5.76. The highest BCUT2D eigenvalue weighted by atomic mass is 15.3. The van der Waals surface area contributed by atoms with Crippen LogP contribution >= 0.6 is 0 Å². The number of aromatic nitrogens is 4. The Labute approximate surface area is 83.0 Å². The summed E-state index contributed by atoms with van der Waals surface area (Å²) < 4.78 is 1.81. The predicted octanol–water partition coefficient (Wildman–Crippen LogP) is 1.80. The molecule has 0 amide bonds. The van der Waals surface area contributed by atoms with E-state index in [1.807, 2.05) is 24.9 Å². The van der Waals surface area contributed by atoms with Crippen molar-refractivity contribution < 1.29 is 0 Å². The fourth-order valence-electron chi connectivity index (χ4n) is 1.50. The van der Waals surface area contributed by atoms with Crippen LogP contribution in [0.4, 0.5) is 0 Å². The maximum atomic E-state index is 4.50. The second-order valence-corrected chi connectivity index (χ2v) is 3.83. The summed E-state index contributed by atoms with van der Waals surface area (Å²) in [5.41, 5.74) is 2.92. The van der Waals surface area contributed by atoms with Gasteiger partial charge in [-0.25, -0.2) is 9.97 Å². The lowest BCUT2D eigenvalue weighted by Crippen LogP contribution is -1.97. The molecule has 0 aromatic carbocycles. The van der Waals surface area contributed by atoms with E-state index in [1.54, 1.807) is 0 Å². The van der Waals surface area contributed by atoms with Crippen molar-refractivity contribution in [3.05, 3.63) is 17.7 Å². The first kappa shape index (κ1) is 9.12. The largest absolute Gasteiger partial charge is 0.264 e. The van der Waals surface area contributed by atoms with Crippen molar-refractivity contribution in [3.63, 3.8) is 0 Å². The van der Waals surface area contributed by atoms with Gasteiger partial charge in [0.2, 0.25) is 0 Å². The first-order valence-corrected chi connectivity index (χ1v) is 4.76. The van der Waals surface area contributed by atoms with Crippen LogP contribution in [0.15, 0.2) is 6.20 Å². The molecule has 0 bridgehead atoms. The third kappa shape index (κ3) is 1.27. The molecule has 0 N–H and O–H groups in total. The van der Waals surface area contributed by atoms with E-state index in [4.69, 9.17) is 0 Å². The fraction of sp³-hybridized carbons (Fsp3) is 0.500. The average molecular weight is 190 g/mol. The number of nitrogens with zero attached hydrogens (tertiary/aromatic N) is 4. The molecular formula is C10H14N4. The van der Waals surface area contributed by atoms with Gasteiger partial charge in [-0.1, -0.05) is 13.8 Å². The summed E-state index contributed by atoms with van der Waals surface area (Å²) in [6, 6.07) is 0. The summed E-state index contributed by atoms with van der Waals surface area (Å²) in [7, 11) is 1.91. The van der Waals surface area contributed by atoms with Crippen LogP contribution < -0.4 is 0 Å². The molecule has 2 aromatic rings. The highest BCUT2D eigenvalue weighted by Gasteiger charge is 2.09. The minimum absolute atomic E-state index is 0.360. The Balaban J connectivity index is 2.71. The molecule has 14 heavy (non-hydrogen) atoms. The standard InChI is InChI=1S/C10H14N4/c1-6(2)10-11-5-8-9(12-10)7(3)13-14(8)4/h5-6H,1-4H3. The van der Waals surface area contributed by atoms with Crippen LogP contribution in [-0.4, -0.2) is 19.7 Å². The van der Waals surface area contributed by atoms with Crippen molar-refractivity contribution in [2.24, 2.45) is 7.05 Å². The van der Waals surface area contributed by atoms with E-state index in [2.05, 4.69) is 28.9 Å². The Bertz CT molecular complexity index is 470. The Morgan fingerprint density at radius 3 is 2.71 bits per heavy atom. The van der Waals surface area contributed by atoms with Gasteiger partial charge in [-0.3, -0.25) is 4.68 Å². The van der Waals surface area contributed by atoms with Crippen molar-refractivity contribution in [1.29, 1.82) is 0 Å². The Morgan fingerprint density at radius 1 is 1.36 bits per heavy atom. The number of hydrogen-bond acceptors (Lipinski definition) is 3. The fourth-order valence-corrected chi connectivity index (χ4v) is 1.50. The lowest BCUT2D eigenvalue weighted by Gasteiger charge is -2.02. The van der Waals surface area contributed by atoms with Crippen LogP contribution in [0.5, 0.6) is 0 Å². The van der Waals surface area contributed by atoms with Crippen LogP contribution in [0.25, 0.3) is 11.0 Å². The minimum atomic E-state index is 0.360. The normalized spacial score (nSPS) is 11.5. The van der Waals surface area contributed by atoms with Gasteiger partial charge in [-0.2, -0.15) is 5.10 Å². The molecule has 2 heterocycles. The van der Waals surface area contributed by atoms with Gasteiger partial charge in [0.15, 0.2) is 0 Å². The molecule has 0 atom stereocenters. The van der Waals surface area contributed by atoms with Crippen LogP contribution in [0.1, 0.15) is 31.3 Å². The summed E-state index contributed by atoms with van der Waals surface area (Å²) >= 11 is 0. The third-order valence-corrected chi connectivity index (χ3v) is 2.30. The van der Waals surface area contributed by atoms with Crippen LogP contribution in [0.3, 0.4) is 0 Å². The molecule has 0 unspecified atom stereocenters. The van der Waals surface area contributed by atoms with E-state index >= 15 is 0 Å². The monoisotopic (exact) mass is 190 g/mol. The molecule has 4 nitrogen and oxygen atoms in total. The van der Waals surface area contributed by atoms with Crippen molar-refractivity contribution in [3.8, 4) is 0 Å². The Kier molecular flexibility index (Phi) is 1.98. The molecule has 0 aliphatic carbocycles. The summed E-state index contributed by atoms with van der Waals surface area (Å²) in [6.07, 6.45) is 1.84. The van der Waals surface area contributed by atoms with E-state index in [0.717, 1.165) is 22.6 Å². The Morgan fingerprint density at radius 2 is 2.07 bits per heavy atom. The van der Waals surface area contributed by atoms with Gasteiger partial charge in [0.05, 0.1) is 11.9 Å². The number of rotatable bonds is 1. The zero-order chi connectivity index (χ0) is 10.3. The van der Waals surface area contributed by atoms with Crippen molar-refractivity contribution in [1.82, 2.24) is 19.7 Å². The molecule has 2 aromatic heterocycles. The minimum Gasteiger partial charge on any atom is -0.264 e. The molecule has 0 aliphatic heterocycles. The summed E-state index contributed by atoms with van der Waals surface area (Å²) in [5.74, 6) is 1.24. The summed E-state index contributed by atoms with van der Waals surface area (Å²) in [6.45, 7) is 6.15. The van der Waals surface area contributed by atoms with E-state index in [-0.39, 0.29) is 0 Å². The molecule has 0 aliphatic rings. The SMILES string of the molecule is Cc1nn(C)c2cnc(C(C)C)nc12.